The minimum absolute atomic E-state index is 0.0494. The normalized spacial score (nSPS) is 10.1. The van der Waals surface area contributed by atoms with E-state index in [1.807, 2.05) is 142 Å². The summed E-state index contributed by atoms with van der Waals surface area (Å²) in [6, 6.07) is 54.6. The Bertz CT molecular complexity index is 5810. The average Bonchev–Trinajstić information content (AvgIpc) is 0.983. The van der Waals surface area contributed by atoms with E-state index >= 15 is 0 Å². The lowest BCUT2D eigenvalue weighted by Crippen LogP contribution is -2.34. The molecule has 8 heterocycles. The summed E-state index contributed by atoms with van der Waals surface area (Å²) in [4.78, 5) is 93.8. The third kappa shape index (κ3) is 40.4. The van der Waals surface area contributed by atoms with E-state index in [1.54, 1.807) is 79.4 Å². The van der Waals surface area contributed by atoms with Crippen LogP contribution in [0.2, 0.25) is 0 Å². The third-order valence-electron chi connectivity index (χ3n) is 17.7. The summed E-state index contributed by atoms with van der Waals surface area (Å²) in [6.07, 6.45) is 16.5. The molecular formula is C93H97F4N21O7S3. The summed E-state index contributed by atoms with van der Waals surface area (Å²) in [5.74, 6) is 6.37. The summed E-state index contributed by atoms with van der Waals surface area (Å²) in [6.45, 7) is 7.86. The van der Waals surface area contributed by atoms with E-state index in [9.17, 15) is 46.3 Å². The smallest absolute Gasteiger partial charge is 0.307 e. The number of carbonyl (C=O) groups excluding carboxylic acids is 5. The van der Waals surface area contributed by atoms with Gasteiger partial charge < -0.3 is 48.6 Å². The minimum atomic E-state index is -0.826. The fourth-order valence-corrected chi connectivity index (χ4v) is 13.3. The molecule has 0 atom stereocenters. The van der Waals surface area contributed by atoms with Gasteiger partial charge >= 0.3 is 5.97 Å². The standard InChI is InChI=1S/C27H27FN6O2S.C20H22FN5OS.C19H20FN3O.C19H16FN3O.C7H7NO2.CH5N3S/c1-18-6-4-7-19(14-18)15-23(35)30-22-12-11-21(26(28)31-22)9-2-3-10-25-33-34-27(37-25)32-24(36)16-20-8-5-13-29-17-20;1-13-5-4-6-14(11-13)12-17(27)23-16-10-9-15(19(21)24-16)7-2-3-8-18-25-26-20(22)28-18;2*1-14-6-5-7-15(12-14)13-18(24)22-17-10-9-16(19(20)23-17)8-3-2-4-11-21;9-7(10)4-6-2-1-3-8-5-6;2-1(5)4-3/h4-8,11-14,17H,2-3,9-10,15-16H2,1H3,(H,30,31,35)(H,32,34,36);4-6,9-11H,2-3,7-8,12H2,1H3,(H2,22,26)(H,23,24,27);5-7,9-10,12H,2-4,8,13H2,1H3,(H,22,23,24);5-7,9-10,12H,2,4,13H2,1H3,(H,22,23,24);1-3,5H,4H2,(H,9,10);3H2,(H3,2,4,5). The van der Waals surface area contributed by atoms with Gasteiger partial charge in [-0.15, -0.1) is 20.4 Å². The summed E-state index contributed by atoms with van der Waals surface area (Å²) in [7, 11) is 0. The van der Waals surface area contributed by atoms with Gasteiger partial charge in [-0.25, -0.2) is 25.8 Å². The Morgan fingerprint density at radius 3 is 1.12 bits per heavy atom. The SMILES string of the molecule is Cc1cccc(CC(=O)Nc2ccc(C#CCCC#N)c(F)n2)c1.Cc1cccc(CC(=O)Nc2ccc(CCCCC#N)c(F)n2)c1.Cc1cccc(CC(=O)Nc2ccc(CCCCc3nnc(N)s3)c(F)n2)c1.Cc1cccc(CC(=O)Nc2ccc(CCCCc3nnc(NC(=O)Cc4cccnc4)s3)c(F)n2)c1.NNC(N)=S.O=C(O)Cc1cccnc1. The van der Waals surface area contributed by atoms with Crippen LogP contribution in [0.4, 0.5) is 51.1 Å². The van der Waals surface area contributed by atoms with Crippen LogP contribution in [0.15, 0.2) is 195 Å². The van der Waals surface area contributed by atoms with Crippen molar-refractivity contribution in [2.24, 2.45) is 11.6 Å². The van der Waals surface area contributed by atoms with Crippen LogP contribution in [-0.4, -0.2) is 96.0 Å². The van der Waals surface area contributed by atoms with Crippen molar-refractivity contribution in [3.63, 3.8) is 0 Å². The molecule has 5 amide bonds. The first-order chi connectivity index (χ1) is 61.6. The number of hydrazine groups is 1. The van der Waals surface area contributed by atoms with E-state index in [0.717, 1.165) is 111 Å². The van der Waals surface area contributed by atoms with Crippen molar-refractivity contribution in [1.82, 2.24) is 55.7 Å². The fraction of sp³-hybridized carbons (Fsp3) is 0.258. The summed E-state index contributed by atoms with van der Waals surface area (Å²) in [5, 5.41) is 57.1. The first-order valence-electron chi connectivity index (χ1n) is 40.4. The highest BCUT2D eigenvalue weighted by atomic mass is 32.1. The van der Waals surface area contributed by atoms with E-state index in [-0.39, 0.29) is 102 Å². The van der Waals surface area contributed by atoms with Gasteiger partial charge in [0.1, 0.15) is 33.3 Å². The number of aliphatic carboxylic acids is 1. The summed E-state index contributed by atoms with van der Waals surface area (Å²) in [5.41, 5.74) is 23.5. The molecule has 0 fully saturated rings. The molecule has 12 rings (SSSR count). The highest BCUT2D eigenvalue weighted by molar-refractivity contribution is 7.80. The second kappa shape index (κ2) is 55.6. The lowest BCUT2D eigenvalue weighted by molar-refractivity contribution is -0.136. The summed E-state index contributed by atoms with van der Waals surface area (Å²) < 4.78 is 56.5. The lowest BCUT2D eigenvalue weighted by Gasteiger charge is -2.08. The van der Waals surface area contributed by atoms with Crippen LogP contribution < -0.4 is 49.3 Å². The van der Waals surface area contributed by atoms with Gasteiger partial charge in [-0.3, -0.25) is 38.7 Å². The van der Waals surface area contributed by atoms with Crippen molar-refractivity contribution in [2.45, 2.75) is 156 Å². The molecule has 13 N–H and O–H groups in total. The number of rotatable bonds is 32. The fourth-order valence-electron chi connectivity index (χ4n) is 11.8. The number of hydrogen-bond acceptors (Lipinski definition) is 23. The highest BCUT2D eigenvalue weighted by Crippen LogP contribution is 2.23. The molecule has 0 aliphatic heterocycles. The number of halogens is 4. The van der Waals surface area contributed by atoms with Gasteiger partial charge in [-0.05, 0) is 174 Å². The minimum Gasteiger partial charge on any atom is -0.481 e. The van der Waals surface area contributed by atoms with Gasteiger partial charge in [0.25, 0.3) is 0 Å². The number of pyridine rings is 6. The van der Waals surface area contributed by atoms with Crippen molar-refractivity contribution in [3.8, 4) is 24.0 Å². The number of unbranched alkanes of at least 4 members (excludes halogenated alkanes) is 5. The van der Waals surface area contributed by atoms with E-state index in [2.05, 4.69) is 113 Å². The molecule has 4 aromatic carbocycles. The van der Waals surface area contributed by atoms with Gasteiger partial charge in [-0.2, -0.15) is 28.1 Å². The molecule has 0 aliphatic carbocycles. The maximum Gasteiger partial charge on any atom is 0.307 e. The zero-order chi connectivity index (χ0) is 92.4. The van der Waals surface area contributed by atoms with Gasteiger partial charge in [0.15, 0.2) is 5.11 Å². The maximum atomic E-state index is 14.5. The number of nitrogens with two attached hydrogens (primary N) is 3. The second-order valence-electron chi connectivity index (χ2n) is 28.6. The molecule has 0 aliphatic rings. The number of nitriles is 2. The Morgan fingerprint density at radius 1 is 0.422 bits per heavy atom. The zero-order valence-corrected chi connectivity index (χ0v) is 73.3. The second-order valence-corrected chi connectivity index (χ2v) is 31.2. The molecule has 0 bridgehead atoms. The van der Waals surface area contributed by atoms with Crippen molar-refractivity contribution < 1.29 is 51.4 Å². The van der Waals surface area contributed by atoms with Gasteiger partial charge in [0.2, 0.25) is 63.6 Å². The first-order valence-corrected chi connectivity index (χ1v) is 42.4. The number of amides is 5. The van der Waals surface area contributed by atoms with Crippen molar-refractivity contribution in [2.75, 3.05) is 32.3 Å². The largest absolute Gasteiger partial charge is 0.481 e. The average molecular weight is 1790 g/mol. The molecule has 35 heteroatoms. The van der Waals surface area contributed by atoms with E-state index < -0.39 is 29.8 Å². The molecule has 12 aromatic rings. The first kappa shape index (κ1) is 101. The zero-order valence-electron chi connectivity index (χ0n) is 70.8. The Balaban J connectivity index is 0.000000224. The number of nitrogens with zero attached hydrogens (tertiary/aromatic N) is 12. The Morgan fingerprint density at radius 2 is 0.773 bits per heavy atom. The third-order valence-corrected chi connectivity index (χ3v) is 19.6. The van der Waals surface area contributed by atoms with Crippen LogP contribution in [0.1, 0.15) is 146 Å². The number of thiocarbonyl (C=S) groups is 1. The quantitative estimate of drug-likeness (QED) is 0.00356. The monoisotopic (exact) mass is 1790 g/mol. The molecule has 662 valence electrons. The summed E-state index contributed by atoms with van der Waals surface area (Å²) >= 11 is 6.95. The van der Waals surface area contributed by atoms with Crippen molar-refractivity contribution >= 4 is 109 Å². The molecule has 0 saturated heterocycles. The number of aryl methyl sites for hydroxylation is 9. The number of carboxylic acids is 1. The van der Waals surface area contributed by atoms with Crippen molar-refractivity contribution in [3.05, 3.63) is 306 Å². The predicted molar refractivity (Wildman–Crippen MR) is 489 cm³/mol. The van der Waals surface area contributed by atoms with E-state index in [0.29, 0.717) is 71.9 Å². The molecule has 128 heavy (non-hydrogen) atoms. The molecule has 28 nitrogen and oxygen atoms in total. The number of nitrogen functional groups attached to an aromatic ring is 1. The molecule has 0 unspecified atom stereocenters. The molecule has 0 radical (unpaired) electrons. The topological polar surface area (TPSA) is 449 Å². The van der Waals surface area contributed by atoms with E-state index in [4.69, 9.17) is 27.1 Å². The van der Waals surface area contributed by atoms with Crippen LogP contribution in [-0.2, 0) is 99.4 Å². The van der Waals surface area contributed by atoms with Gasteiger partial charge in [0.05, 0.1) is 56.2 Å². The Kier molecular flexibility index (Phi) is 43.7. The Hall–Kier alpha value is -14.6. The number of carbonyl (C=O) groups is 6. The molecule has 0 saturated carbocycles. The van der Waals surface area contributed by atoms with Gasteiger partial charge in [0, 0.05) is 73.6 Å². The molecule has 0 spiro atoms. The molecule has 8 aromatic heterocycles. The highest BCUT2D eigenvalue weighted by Gasteiger charge is 2.17. The molecular weight excluding hydrogens is 1700 g/mol. The van der Waals surface area contributed by atoms with Crippen LogP contribution in [0.25, 0.3) is 0 Å². The van der Waals surface area contributed by atoms with Crippen LogP contribution in [0.3, 0.4) is 0 Å². The number of carboxylic acid groups (broad SMARTS) is 1. The van der Waals surface area contributed by atoms with Gasteiger partial charge in [-0.1, -0.05) is 184 Å². The number of hydrogen-bond donors (Lipinski definition) is 10. The van der Waals surface area contributed by atoms with Crippen LogP contribution >= 0.6 is 34.9 Å². The van der Waals surface area contributed by atoms with Crippen molar-refractivity contribution in [1.29, 1.82) is 10.5 Å². The number of anilines is 6. The van der Waals surface area contributed by atoms with E-state index in [1.165, 1.54) is 34.8 Å². The van der Waals surface area contributed by atoms with Crippen LogP contribution in [0, 0.1) is 86.0 Å². The lowest BCUT2D eigenvalue weighted by atomic mass is 10.1. The Labute approximate surface area is 752 Å². The number of aromatic nitrogens is 10. The predicted octanol–water partition coefficient (Wildman–Crippen LogP) is 15.1. The number of nitrogens with one attached hydrogen (secondary N) is 6. The van der Waals surface area contributed by atoms with Crippen LogP contribution in [0.5, 0.6) is 0 Å². The number of benzene rings is 4. The maximum absolute atomic E-state index is 14.5.